The van der Waals surface area contributed by atoms with Crippen LogP contribution in [0.2, 0.25) is 0 Å². The number of nitrogens with zero attached hydrogens (tertiary/aromatic N) is 1. The Labute approximate surface area is 236 Å². The van der Waals surface area contributed by atoms with E-state index in [0.29, 0.717) is 23.5 Å². The summed E-state index contributed by atoms with van der Waals surface area (Å²) in [4.78, 5) is 56.1. The third kappa shape index (κ3) is 3.35. The number of amides is 2. The monoisotopic (exact) mass is 547 g/mol. The van der Waals surface area contributed by atoms with E-state index in [1.165, 1.54) is 5.57 Å². The Balaban J connectivity index is 1.37. The highest BCUT2D eigenvalue weighted by molar-refractivity contribution is 6.06. The number of hydrogen-bond acceptors (Lipinski definition) is 6. The molecule has 7 heteroatoms. The Hall–Kier alpha value is -2.96. The lowest BCUT2D eigenvalue weighted by Crippen LogP contribution is -2.62. The SMILES string of the molecule is CC1=C(O)C(=O)C=C2C1=CC=C1[C@@]2(C)CC[C@@]2(C)[C@@H]3C[C@](C)(C(=O)ON4C(=O)CCC4=O)CC[C@]3(C)CC[C@]12C. The van der Waals surface area contributed by atoms with Crippen LogP contribution in [0.25, 0.3) is 0 Å². The van der Waals surface area contributed by atoms with E-state index in [0.717, 1.165) is 43.3 Å². The van der Waals surface area contributed by atoms with Crippen molar-refractivity contribution in [1.29, 1.82) is 0 Å². The maximum atomic E-state index is 13.6. The number of rotatable bonds is 2. The zero-order valence-corrected chi connectivity index (χ0v) is 24.6. The van der Waals surface area contributed by atoms with E-state index < -0.39 is 23.2 Å². The predicted octanol–water partition coefficient (Wildman–Crippen LogP) is 6.22. The molecule has 6 rings (SSSR count). The molecule has 5 aliphatic carbocycles. The van der Waals surface area contributed by atoms with Crippen molar-refractivity contribution in [1.82, 2.24) is 5.06 Å². The van der Waals surface area contributed by atoms with Gasteiger partial charge in [0.1, 0.15) is 0 Å². The minimum atomic E-state index is -0.791. The molecule has 0 aromatic heterocycles. The molecule has 1 heterocycles. The standard InChI is InChI=1S/C33H41NO6/c1-19-20-7-8-23-31(4,21(20)17-22(35)27(19)38)14-16-33(6)24-18-30(3,12-11-29(24,2)13-15-32(23,33)5)28(39)40-34-25(36)9-10-26(34)37/h7-8,17,24,38H,9-16,18H2,1-6H3/t24-,29-,30-,31+,32-,33+/m1/s1. The molecule has 0 spiro atoms. The minimum Gasteiger partial charge on any atom is -0.504 e. The van der Waals surface area contributed by atoms with E-state index in [1.807, 2.05) is 13.8 Å². The highest BCUT2D eigenvalue weighted by atomic mass is 16.7. The van der Waals surface area contributed by atoms with Gasteiger partial charge in [0.05, 0.1) is 5.41 Å². The number of hydrogen-bond donors (Lipinski definition) is 1. The first kappa shape index (κ1) is 27.2. The Morgan fingerprint density at radius 3 is 2.25 bits per heavy atom. The van der Waals surface area contributed by atoms with Crippen LogP contribution < -0.4 is 0 Å². The predicted molar refractivity (Wildman–Crippen MR) is 148 cm³/mol. The molecular weight excluding hydrogens is 506 g/mol. The average Bonchev–Trinajstić information content (AvgIpc) is 3.22. The topological polar surface area (TPSA) is 101 Å². The summed E-state index contributed by atoms with van der Waals surface area (Å²) >= 11 is 0. The largest absolute Gasteiger partial charge is 0.504 e. The summed E-state index contributed by atoms with van der Waals surface area (Å²) in [6.45, 7) is 13.2. The molecule has 1 saturated heterocycles. The van der Waals surface area contributed by atoms with Crippen molar-refractivity contribution in [2.24, 2.45) is 33.0 Å². The molecule has 0 unspecified atom stereocenters. The number of imide groups is 1. The van der Waals surface area contributed by atoms with E-state index in [1.54, 1.807) is 6.08 Å². The molecule has 214 valence electrons. The number of carbonyl (C=O) groups excluding carboxylic acids is 4. The molecular formula is C33H41NO6. The van der Waals surface area contributed by atoms with Gasteiger partial charge in [-0.1, -0.05) is 45.4 Å². The lowest BCUT2D eigenvalue weighted by atomic mass is 9.34. The van der Waals surface area contributed by atoms with Crippen molar-refractivity contribution in [3.8, 4) is 0 Å². The number of aliphatic hydroxyl groups excluding tert-OH is 1. The summed E-state index contributed by atoms with van der Waals surface area (Å²) in [5.41, 5.74) is 2.66. The van der Waals surface area contributed by atoms with Crippen LogP contribution in [-0.2, 0) is 24.0 Å². The van der Waals surface area contributed by atoms with Gasteiger partial charge >= 0.3 is 5.97 Å². The van der Waals surface area contributed by atoms with Gasteiger partial charge in [0.15, 0.2) is 5.76 Å². The lowest BCUT2D eigenvalue weighted by molar-refractivity contribution is -0.214. The molecule has 6 atom stereocenters. The van der Waals surface area contributed by atoms with Crippen LogP contribution in [0.5, 0.6) is 0 Å². The van der Waals surface area contributed by atoms with Gasteiger partial charge < -0.3 is 9.94 Å². The lowest BCUT2D eigenvalue weighted by Gasteiger charge is -2.70. The molecule has 0 radical (unpaired) electrons. The van der Waals surface area contributed by atoms with Gasteiger partial charge in [0, 0.05) is 23.8 Å². The van der Waals surface area contributed by atoms with Gasteiger partial charge in [-0.05, 0) is 98.2 Å². The fraction of sp³-hybridized carbons (Fsp3) is 0.636. The van der Waals surface area contributed by atoms with Gasteiger partial charge in [-0.3, -0.25) is 14.4 Å². The van der Waals surface area contributed by atoms with Gasteiger partial charge in [0.25, 0.3) is 11.8 Å². The van der Waals surface area contributed by atoms with Crippen molar-refractivity contribution in [2.75, 3.05) is 0 Å². The van der Waals surface area contributed by atoms with E-state index in [2.05, 4.69) is 39.8 Å². The molecule has 1 aliphatic heterocycles. The second-order valence-electron chi connectivity index (χ2n) is 14.6. The maximum absolute atomic E-state index is 13.6. The zero-order valence-electron chi connectivity index (χ0n) is 24.6. The Morgan fingerprint density at radius 2 is 1.57 bits per heavy atom. The van der Waals surface area contributed by atoms with Gasteiger partial charge in [0.2, 0.25) is 5.78 Å². The number of carbonyl (C=O) groups is 4. The van der Waals surface area contributed by atoms with Crippen molar-refractivity contribution in [3.05, 3.63) is 46.3 Å². The highest BCUT2D eigenvalue weighted by Crippen LogP contribution is 2.75. The minimum absolute atomic E-state index is 0.0719. The second-order valence-corrected chi connectivity index (χ2v) is 14.6. The van der Waals surface area contributed by atoms with Crippen molar-refractivity contribution < 1.29 is 29.1 Å². The second kappa shape index (κ2) is 8.29. The fourth-order valence-electron chi connectivity index (χ4n) is 9.49. The summed E-state index contributed by atoms with van der Waals surface area (Å²) in [5, 5.41) is 11.0. The van der Waals surface area contributed by atoms with Gasteiger partial charge in [-0.15, -0.1) is 5.06 Å². The number of ketones is 1. The number of allylic oxidation sites excluding steroid dienone is 7. The quantitative estimate of drug-likeness (QED) is 0.412. The first-order valence-corrected chi connectivity index (χ1v) is 14.8. The smallest absolute Gasteiger partial charge is 0.339 e. The van der Waals surface area contributed by atoms with E-state index in [4.69, 9.17) is 4.84 Å². The van der Waals surface area contributed by atoms with Crippen LogP contribution in [0, 0.1) is 33.0 Å². The molecule has 0 aromatic carbocycles. The summed E-state index contributed by atoms with van der Waals surface area (Å²) < 4.78 is 0. The summed E-state index contributed by atoms with van der Waals surface area (Å²) in [5.74, 6) is -1.63. The Bertz CT molecular complexity index is 1380. The normalized spacial score (nSPS) is 42.8. The molecule has 1 N–H and O–H groups in total. The van der Waals surface area contributed by atoms with Crippen LogP contribution in [0.1, 0.15) is 99.3 Å². The molecule has 4 fully saturated rings. The summed E-state index contributed by atoms with van der Waals surface area (Å²) in [7, 11) is 0. The van der Waals surface area contributed by atoms with Crippen molar-refractivity contribution in [2.45, 2.75) is 99.3 Å². The molecule has 40 heavy (non-hydrogen) atoms. The molecule has 7 nitrogen and oxygen atoms in total. The average molecular weight is 548 g/mol. The first-order chi connectivity index (χ1) is 18.6. The third-order valence-corrected chi connectivity index (χ3v) is 12.5. The number of aliphatic hydroxyl groups is 1. The van der Waals surface area contributed by atoms with Crippen LogP contribution in [0.15, 0.2) is 46.3 Å². The number of fused-ring (bicyclic) bond motifs is 7. The Kier molecular flexibility index (Phi) is 5.64. The molecule has 0 bridgehead atoms. The van der Waals surface area contributed by atoms with E-state index >= 15 is 0 Å². The molecule has 3 saturated carbocycles. The van der Waals surface area contributed by atoms with Crippen LogP contribution >= 0.6 is 0 Å². The highest BCUT2D eigenvalue weighted by Gasteiger charge is 2.67. The van der Waals surface area contributed by atoms with Crippen LogP contribution in [0.3, 0.4) is 0 Å². The fourth-order valence-corrected chi connectivity index (χ4v) is 9.49. The van der Waals surface area contributed by atoms with Gasteiger partial charge in [-0.2, -0.15) is 0 Å². The molecule has 0 aromatic rings. The molecule has 6 aliphatic rings. The van der Waals surface area contributed by atoms with Crippen molar-refractivity contribution >= 4 is 23.6 Å². The zero-order chi connectivity index (χ0) is 29.0. The number of hydroxylamine groups is 2. The van der Waals surface area contributed by atoms with Gasteiger partial charge in [-0.25, -0.2) is 4.79 Å². The van der Waals surface area contributed by atoms with Crippen LogP contribution in [-0.4, -0.2) is 33.7 Å². The third-order valence-electron chi connectivity index (χ3n) is 12.5. The molecule has 2 amide bonds. The first-order valence-electron chi connectivity index (χ1n) is 14.8. The van der Waals surface area contributed by atoms with E-state index in [-0.39, 0.29) is 52.0 Å². The Morgan fingerprint density at radius 1 is 0.925 bits per heavy atom. The van der Waals surface area contributed by atoms with E-state index in [9.17, 15) is 24.3 Å². The van der Waals surface area contributed by atoms with Crippen LogP contribution in [0.4, 0.5) is 0 Å². The maximum Gasteiger partial charge on any atom is 0.339 e. The summed E-state index contributed by atoms with van der Waals surface area (Å²) in [6, 6.07) is 0. The van der Waals surface area contributed by atoms with Crippen molar-refractivity contribution in [3.63, 3.8) is 0 Å². The summed E-state index contributed by atoms with van der Waals surface area (Å²) in [6.07, 6.45) is 12.2.